The van der Waals surface area contributed by atoms with E-state index in [2.05, 4.69) is 0 Å². The average molecular weight is 270 g/mol. The Balaban J connectivity index is 2.61. The monoisotopic (exact) mass is 270 g/mol. The Morgan fingerprint density at radius 3 is 2.32 bits per heavy atom. The highest BCUT2D eigenvalue weighted by atomic mass is 16.3. The molecule has 0 aromatic rings. The zero-order valence-electron chi connectivity index (χ0n) is 12.2. The van der Waals surface area contributed by atoms with Gasteiger partial charge in [0.1, 0.15) is 5.60 Å². The normalized spacial score (nSPS) is 49.5. The highest BCUT2D eigenvalue weighted by Gasteiger charge is 2.63. The molecular weight excluding hydrogens is 244 g/mol. The summed E-state index contributed by atoms with van der Waals surface area (Å²) in [5.41, 5.74) is -1.82. The number of rotatable bonds is 1. The minimum absolute atomic E-state index is 0.191. The van der Waals surface area contributed by atoms with Crippen LogP contribution in [0.4, 0.5) is 0 Å². The van der Waals surface area contributed by atoms with Crippen molar-refractivity contribution in [2.75, 3.05) is 6.61 Å². The predicted octanol–water partition coefficient (Wildman–Crippen LogP) is 0.834. The number of hydrogen-bond acceptors (Lipinski definition) is 4. The second-order valence-electron chi connectivity index (χ2n) is 7.30. The molecule has 5 atom stereocenters. The van der Waals surface area contributed by atoms with Crippen LogP contribution in [-0.2, 0) is 0 Å². The lowest BCUT2D eigenvalue weighted by Gasteiger charge is -2.61. The van der Waals surface area contributed by atoms with Gasteiger partial charge in [0, 0.05) is 11.3 Å². The molecule has 0 bridgehead atoms. The fourth-order valence-electron chi connectivity index (χ4n) is 4.80. The van der Waals surface area contributed by atoms with E-state index in [1.165, 1.54) is 0 Å². The fourth-order valence-corrected chi connectivity index (χ4v) is 4.80. The molecule has 19 heavy (non-hydrogen) atoms. The van der Waals surface area contributed by atoms with Gasteiger partial charge in [0.2, 0.25) is 0 Å². The van der Waals surface area contributed by atoms with Gasteiger partial charge in [-0.25, -0.2) is 0 Å². The van der Waals surface area contributed by atoms with Gasteiger partial charge in [0.15, 0.2) is 0 Å². The minimum Gasteiger partial charge on any atom is -0.393 e. The minimum atomic E-state index is -1.38. The third-order valence-electron chi connectivity index (χ3n) is 5.54. The summed E-state index contributed by atoms with van der Waals surface area (Å²) in [7, 11) is 0. The van der Waals surface area contributed by atoms with Gasteiger partial charge in [-0.15, -0.1) is 0 Å². The molecule has 0 amide bonds. The summed E-state index contributed by atoms with van der Waals surface area (Å²) >= 11 is 0. The van der Waals surface area contributed by atoms with Crippen LogP contribution in [0.5, 0.6) is 0 Å². The molecule has 0 aromatic heterocycles. The van der Waals surface area contributed by atoms with Gasteiger partial charge in [-0.2, -0.15) is 0 Å². The van der Waals surface area contributed by atoms with E-state index in [9.17, 15) is 20.4 Å². The Morgan fingerprint density at radius 2 is 1.79 bits per heavy atom. The summed E-state index contributed by atoms with van der Waals surface area (Å²) < 4.78 is 0. The molecule has 4 N–H and O–H groups in total. The van der Waals surface area contributed by atoms with Gasteiger partial charge in [-0.3, -0.25) is 0 Å². The largest absolute Gasteiger partial charge is 0.393 e. The molecule has 110 valence electrons. The molecule has 0 saturated heterocycles. The highest BCUT2D eigenvalue weighted by molar-refractivity contribution is 5.30. The van der Waals surface area contributed by atoms with Crippen molar-refractivity contribution in [1.82, 2.24) is 0 Å². The van der Waals surface area contributed by atoms with Crippen LogP contribution in [0.1, 0.15) is 40.5 Å². The van der Waals surface area contributed by atoms with Crippen LogP contribution in [0.3, 0.4) is 0 Å². The molecule has 1 fully saturated rings. The molecule has 2 aliphatic rings. The van der Waals surface area contributed by atoms with Crippen LogP contribution in [0.2, 0.25) is 0 Å². The predicted molar refractivity (Wildman–Crippen MR) is 72.4 cm³/mol. The van der Waals surface area contributed by atoms with Gasteiger partial charge in [-0.05, 0) is 30.8 Å². The summed E-state index contributed by atoms with van der Waals surface area (Å²) in [4.78, 5) is 0. The first-order chi connectivity index (χ1) is 8.58. The Labute approximate surface area is 114 Å². The van der Waals surface area contributed by atoms with Gasteiger partial charge in [0.25, 0.3) is 0 Å². The van der Waals surface area contributed by atoms with Crippen molar-refractivity contribution in [3.63, 3.8) is 0 Å². The van der Waals surface area contributed by atoms with E-state index < -0.39 is 29.8 Å². The maximum absolute atomic E-state index is 10.9. The van der Waals surface area contributed by atoms with Gasteiger partial charge in [0.05, 0.1) is 18.8 Å². The zero-order valence-corrected chi connectivity index (χ0v) is 12.2. The van der Waals surface area contributed by atoms with Crippen molar-refractivity contribution in [2.45, 2.75) is 58.3 Å². The molecule has 4 nitrogen and oxygen atoms in total. The van der Waals surface area contributed by atoms with Crippen molar-refractivity contribution in [3.8, 4) is 0 Å². The van der Waals surface area contributed by atoms with E-state index in [0.717, 1.165) is 0 Å². The highest BCUT2D eigenvalue weighted by Crippen LogP contribution is 2.60. The summed E-state index contributed by atoms with van der Waals surface area (Å²) in [6.07, 6.45) is 1.47. The quantitative estimate of drug-likeness (QED) is 0.532. The lowest BCUT2D eigenvalue weighted by molar-refractivity contribution is -0.205. The van der Waals surface area contributed by atoms with Crippen LogP contribution in [0.15, 0.2) is 11.6 Å². The topological polar surface area (TPSA) is 80.9 Å². The first-order valence-corrected chi connectivity index (χ1v) is 6.97. The smallest absolute Gasteiger partial charge is 0.114 e. The number of hydrogen-bond donors (Lipinski definition) is 4. The molecule has 1 saturated carbocycles. The van der Waals surface area contributed by atoms with Crippen LogP contribution in [0, 0.1) is 16.7 Å². The van der Waals surface area contributed by atoms with E-state index in [4.69, 9.17) is 0 Å². The molecule has 5 unspecified atom stereocenters. The first kappa shape index (κ1) is 15.0. The van der Waals surface area contributed by atoms with Gasteiger partial charge < -0.3 is 20.4 Å². The molecular formula is C15H26O4. The lowest BCUT2D eigenvalue weighted by atomic mass is 9.46. The lowest BCUT2D eigenvalue weighted by Crippen LogP contribution is -2.66. The zero-order chi connectivity index (χ0) is 14.6. The third kappa shape index (κ3) is 1.88. The summed E-state index contributed by atoms with van der Waals surface area (Å²) in [6.45, 7) is 7.23. The molecule has 4 heteroatoms. The Kier molecular flexibility index (Phi) is 3.38. The second kappa shape index (κ2) is 4.29. The molecule has 0 aromatic carbocycles. The van der Waals surface area contributed by atoms with E-state index in [1.54, 1.807) is 13.0 Å². The van der Waals surface area contributed by atoms with E-state index in [1.807, 2.05) is 20.8 Å². The molecule has 0 heterocycles. The van der Waals surface area contributed by atoms with E-state index in [0.29, 0.717) is 18.4 Å². The Bertz CT molecular complexity index is 403. The van der Waals surface area contributed by atoms with E-state index in [-0.39, 0.29) is 11.3 Å². The average Bonchev–Trinajstić information content (AvgIpc) is 2.22. The van der Waals surface area contributed by atoms with Crippen LogP contribution >= 0.6 is 0 Å². The Morgan fingerprint density at radius 1 is 1.21 bits per heavy atom. The first-order valence-electron chi connectivity index (χ1n) is 6.97. The number of fused-ring (bicyclic) bond motifs is 1. The second-order valence-corrected chi connectivity index (χ2v) is 7.30. The SMILES string of the molecule is CC1=CC(O)C2C(C)(C)CC(O)CC2(C)C1(O)CO. The number of aliphatic hydroxyl groups excluding tert-OH is 3. The van der Waals surface area contributed by atoms with Crippen LogP contribution in [0.25, 0.3) is 0 Å². The molecule has 2 aliphatic carbocycles. The van der Waals surface area contributed by atoms with Gasteiger partial charge >= 0.3 is 0 Å². The molecule has 0 aliphatic heterocycles. The summed E-state index contributed by atoms with van der Waals surface area (Å²) in [5, 5.41) is 41.2. The maximum Gasteiger partial charge on any atom is 0.114 e. The Hall–Kier alpha value is -0.420. The summed E-state index contributed by atoms with van der Waals surface area (Å²) in [5.74, 6) is -0.191. The molecule has 0 radical (unpaired) electrons. The van der Waals surface area contributed by atoms with Crippen molar-refractivity contribution in [3.05, 3.63) is 11.6 Å². The van der Waals surface area contributed by atoms with Crippen molar-refractivity contribution < 1.29 is 20.4 Å². The third-order valence-corrected chi connectivity index (χ3v) is 5.54. The van der Waals surface area contributed by atoms with Crippen molar-refractivity contribution >= 4 is 0 Å². The van der Waals surface area contributed by atoms with Crippen molar-refractivity contribution in [2.24, 2.45) is 16.7 Å². The molecule has 2 rings (SSSR count). The van der Waals surface area contributed by atoms with Crippen LogP contribution in [-0.4, -0.2) is 44.8 Å². The fraction of sp³-hybridized carbons (Fsp3) is 0.867. The maximum atomic E-state index is 10.9. The standard InChI is InChI=1S/C15H26O4/c1-9-5-11(18)12-13(2,3)6-10(17)7-14(12,4)15(9,19)8-16/h5,10-12,16-19H,6-8H2,1-4H3. The summed E-state index contributed by atoms with van der Waals surface area (Å²) in [6, 6.07) is 0. The molecule has 0 spiro atoms. The van der Waals surface area contributed by atoms with Gasteiger partial charge in [-0.1, -0.05) is 26.8 Å². The van der Waals surface area contributed by atoms with Crippen molar-refractivity contribution in [1.29, 1.82) is 0 Å². The van der Waals surface area contributed by atoms with E-state index >= 15 is 0 Å². The number of aliphatic hydroxyl groups is 4. The van der Waals surface area contributed by atoms with Crippen LogP contribution < -0.4 is 0 Å².